The van der Waals surface area contributed by atoms with Crippen LogP contribution in [0.3, 0.4) is 0 Å². The molecule has 3 rings (SSSR count). The number of carbonyl (C=O) groups is 1. The van der Waals surface area contributed by atoms with Gasteiger partial charge in [-0.2, -0.15) is 0 Å². The van der Waals surface area contributed by atoms with Crippen LogP contribution in [0.5, 0.6) is 0 Å². The fourth-order valence-electron chi connectivity index (χ4n) is 2.02. The lowest BCUT2D eigenvalue weighted by Gasteiger charge is -2.07. The van der Waals surface area contributed by atoms with Gasteiger partial charge in [0.25, 0.3) is 5.91 Å². The zero-order chi connectivity index (χ0) is 15.5. The average Bonchev–Trinajstić information content (AvgIpc) is 2.94. The second kappa shape index (κ2) is 5.95. The monoisotopic (exact) mass is 313 g/mol. The van der Waals surface area contributed by atoms with Crippen LogP contribution in [-0.4, -0.2) is 10.9 Å². The quantitative estimate of drug-likeness (QED) is 0.773. The van der Waals surface area contributed by atoms with Crippen molar-refractivity contribution in [3.05, 3.63) is 65.3 Å². The van der Waals surface area contributed by atoms with E-state index in [2.05, 4.69) is 10.3 Å². The molecule has 2 aromatic carbocycles. The van der Waals surface area contributed by atoms with Crippen LogP contribution in [0.25, 0.3) is 11.3 Å². The van der Waals surface area contributed by atoms with Gasteiger partial charge in [0.2, 0.25) is 0 Å². The van der Waals surface area contributed by atoms with E-state index in [1.165, 1.54) is 23.5 Å². The standard InChI is InChI=1S/C16H12FN3OS/c17-13-7-2-1-6-12(13)15(21)19-11-5-3-4-10(8-11)14-9-22-16(18)20-14/h1-9H,(H2,18,20)(H,19,21). The molecule has 22 heavy (non-hydrogen) atoms. The minimum absolute atomic E-state index is 0.00538. The Kier molecular flexibility index (Phi) is 3.84. The van der Waals surface area contributed by atoms with Gasteiger partial charge < -0.3 is 11.1 Å². The number of hydrogen-bond acceptors (Lipinski definition) is 4. The Morgan fingerprint density at radius 2 is 2.00 bits per heavy atom. The molecule has 0 aliphatic heterocycles. The third-order valence-corrected chi connectivity index (χ3v) is 3.73. The molecule has 110 valence electrons. The number of nitrogens with two attached hydrogens (primary N) is 1. The molecule has 1 amide bonds. The summed E-state index contributed by atoms with van der Waals surface area (Å²) in [6, 6.07) is 13.0. The lowest BCUT2D eigenvalue weighted by molar-refractivity contribution is 0.102. The molecular formula is C16H12FN3OS. The summed E-state index contributed by atoms with van der Waals surface area (Å²) >= 11 is 1.35. The van der Waals surface area contributed by atoms with Crippen molar-refractivity contribution in [2.45, 2.75) is 0 Å². The highest BCUT2D eigenvalue weighted by atomic mass is 32.1. The van der Waals surface area contributed by atoms with Crippen molar-refractivity contribution in [3.63, 3.8) is 0 Å². The Balaban J connectivity index is 1.84. The number of benzene rings is 2. The first kappa shape index (κ1) is 14.2. The van der Waals surface area contributed by atoms with E-state index < -0.39 is 11.7 Å². The van der Waals surface area contributed by atoms with E-state index >= 15 is 0 Å². The normalized spacial score (nSPS) is 10.4. The number of amides is 1. The van der Waals surface area contributed by atoms with Crippen LogP contribution in [0.1, 0.15) is 10.4 Å². The van der Waals surface area contributed by atoms with Crippen molar-refractivity contribution in [1.29, 1.82) is 0 Å². The van der Waals surface area contributed by atoms with Crippen LogP contribution in [-0.2, 0) is 0 Å². The summed E-state index contributed by atoms with van der Waals surface area (Å²) in [6.45, 7) is 0. The van der Waals surface area contributed by atoms with Gasteiger partial charge in [0.15, 0.2) is 5.13 Å². The summed E-state index contributed by atoms with van der Waals surface area (Å²) in [5.74, 6) is -1.04. The van der Waals surface area contributed by atoms with Crippen LogP contribution >= 0.6 is 11.3 Å². The highest BCUT2D eigenvalue weighted by Gasteiger charge is 2.11. The predicted octanol–water partition coefficient (Wildman–Crippen LogP) is 3.78. The van der Waals surface area contributed by atoms with E-state index in [0.717, 1.165) is 11.3 Å². The highest BCUT2D eigenvalue weighted by molar-refractivity contribution is 7.13. The first-order valence-electron chi connectivity index (χ1n) is 6.51. The summed E-state index contributed by atoms with van der Waals surface area (Å²) in [5.41, 5.74) is 7.77. The third kappa shape index (κ3) is 2.96. The summed E-state index contributed by atoms with van der Waals surface area (Å²) in [7, 11) is 0. The molecular weight excluding hydrogens is 301 g/mol. The smallest absolute Gasteiger partial charge is 0.258 e. The molecule has 0 radical (unpaired) electrons. The molecule has 0 atom stereocenters. The fraction of sp³-hybridized carbons (Fsp3) is 0. The van der Waals surface area contributed by atoms with Gasteiger partial charge in [0.1, 0.15) is 5.82 Å². The second-order valence-corrected chi connectivity index (χ2v) is 5.48. The zero-order valence-electron chi connectivity index (χ0n) is 11.4. The van der Waals surface area contributed by atoms with Crippen LogP contribution in [0, 0.1) is 5.82 Å². The van der Waals surface area contributed by atoms with Gasteiger partial charge in [0, 0.05) is 16.6 Å². The summed E-state index contributed by atoms with van der Waals surface area (Å²) < 4.78 is 13.6. The van der Waals surface area contributed by atoms with Gasteiger partial charge in [-0.15, -0.1) is 11.3 Å². The number of carbonyl (C=O) groups excluding carboxylic acids is 1. The Morgan fingerprint density at radius 3 is 2.73 bits per heavy atom. The van der Waals surface area contributed by atoms with Crippen LogP contribution in [0.2, 0.25) is 0 Å². The molecule has 4 nitrogen and oxygen atoms in total. The van der Waals surface area contributed by atoms with E-state index in [4.69, 9.17) is 5.73 Å². The summed E-state index contributed by atoms with van der Waals surface area (Å²) in [6.07, 6.45) is 0. The Bertz CT molecular complexity index is 832. The second-order valence-electron chi connectivity index (χ2n) is 4.59. The minimum atomic E-state index is -0.552. The molecule has 6 heteroatoms. The first-order valence-corrected chi connectivity index (χ1v) is 7.39. The van der Waals surface area contributed by atoms with E-state index in [1.54, 1.807) is 30.3 Å². The van der Waals surface area contributed by atoms with Crippen molar-refractivity contribution < 1.29 is 9.18 Å². The first-order chi connectivity index (χ1) is 10.6. The lowest BCUT2D eigenvalue weighted by Crippen LogP contribution is -2.13. The number of rotatable bonds is 3. The molecule has 1 heterocycles. The number of thiazole rings is 1. The molecule has 0 bridgehead atoms. The molecule has 3 aromatic rings. The van der Waals surface area contributed by atoms with E-state index in [-0.39, 0.29) is 5.56 Å². The zero-order valence-corrected chi connectivity index (χ0v) is 12.2. The van der Waals surface area contributed by atoms with Crippen LogP contribution in [0.15, 0.2) is 53.9 Å². The maximum absolute atomic E-state index is 13.6. The van der Waals surface area contributed by atoms with E-state index in [1.807, 2.05) is 11.4 Å². The van der Waals surface area contributed by atoms with E-state index in [9.17, 15) is 9.18 Å². The van der Waals surface area contributed by atoms with Crippen molar-refractivity contribution in [2.75, 3.05) is 11.1 Å². The van der Waals surface area contributed by atoms with Gasteiger partial charge in [-0.05, 0) is 24.3 Å². The number of hydrogen-bond donors (Lipinski definition) is 2. The number of nitrogen functional groups attached to an aromatic ring is 1. The minimum Gasteiger partial charge on any atom is -0.375 e. The van der Waals surface area contributed by atoms with Gasteiger partial charge in [-0.1, -0.05) is 24.3 Å². The molecule has 0 saturated heterocycles. The van der Waals surface area contributed by atoms with E-state index in [0.29, 0.717) is 10.8 Å². The summed E-state index contributed by atoms with van der Waals surface area (Å²) in [4.78, 5) is 16.3. The Morgan fingerprint density at radius 1 is 1.18 bits per heavy atom. The molecule has 0 fully saturated rings. The topological polar surface area (TPSA) is 68.0 Å². The Hall–Kier alpha value is -2.73. The molecule has 0 saturated carbocycles. The molecule has 0 spiro atoms. The van der Waals surface area contributed by atoms with Crippen molar-refractivity contribution in [2.24, 2.45) is 0 Å². The van der Waals surface area contributed by atoms with Gasteiger partial charge >= 0.3 is 0 Å². The number of nitrogens with zero attached hydrogens (tertiary/aromatic N) is 1. The molecule has 0 aliphatic rings. The fourth-order valence-corrected chi connectivity index (χ4v) is 2.59. The van der Waals surface area contributed by atoms with Crippen molar-refractivity contribution in [1.82, 2.24) is 4.98 Å². The average molecular weight is 313 g/mol. The maximum Gasteiger partial charge on any atom is 0.258 e. The van der Waals surface area contributed by atoms with Gasteiger partial charge in [0.05, 0.1) is 11.3 Å². The largest absolute Gasteiger partial charge is 0.375 e. The van der Waals surface area contributed by atoms with Crippen LogP contribution in [0.4, 0.5) is 15.2 Å². The van der Waals surface area contributed by atoms with Crippen LogP contribution < -0.4 is 11.1 Å². The predicted molar refractivity (Wildman–Crippen MR) is 86.3 cm³/mol. The molecule has 1 aromatic heterocycles. The highest BCUT2D eigenvalue weighted by Crippen LogP contribution is 2.25. The number of nitrogens with one attached hydrogen (secondary N) is 1. The van der Waals surface area contributed by atoms with Gasteiger partial charge in [-0.3, -0.25) is 4.79 Å². The maximum atomic E-state index is 13.6. The molecule has 0 aliphatic carbocycles. The lowest BCUT2D eigenvalue weighted by atomic mass is 10.1. The van der Waals surface area contributed by atoms with Crippen molar-refractivity contribution in [3.8, 4) is 11.3 Å². The number of halogens is 1. The number of anilines is 2. The molecule has 3 N–H and O–H groups in total. The van der Waals surface area contributed by atoms with Gasteiger partial charge in [-0.25, -0.2) is 9.37 Å². The third-order valence-electron chi connectivity index (χ3n) is 3.06. The Labute approximate surface area is 130 Å². The molecule has 0 unspecified atom stereocenters. The summed E-state index contributed by atoms with van der Waals surface area (Å²) in [5, 5.41) is 5.00. The van der Waals surface area contributed by atoms with Crippen molar-refractivity contribution >= 4 is 28.1 Å². The SMILES string of the molecule is Nc1nc(-c2cccc(NC(=O)c3ccccc3F)c2)cs1. The number of aromatic nitrogens is 1.